The molecule has 1 fully saturated rings. The number of aromatic nitrogens is 1. The molecule has 0 saturated carbocycles. The Bertz CT molecular complexity index is 578. The van der Waals surface area contributed by atoms with Crippen LogP contribution in [0.1, 0.15) is 32.3 Å². The van der Waals surface area contributed by atoms with Crippen LogP contribution in [0.15, 0.2) is 23.3 Å². The Labute approximate surface area is 143 Å². The van der Waals surface area contributed by atoms with Gasteiger partial charge in [0, 0.05) is 50.4 Å². The van der Waals surface area contributed by atoms with Crippen LogP contribution in [0.5, 0.6) is 0 Å². The van der Waals surface area contributed by atoms with Crippen molar-refractivity contribution in [1.29, 1.82) is 0 Å². The Morgan fingerprint density at radius 2 is 2.17 bits per heavy atom. The smallest absolute Gasteiger partial charge is 0.220 e. The molecule has 1 aromatic heterocycles. The van der Waals surface area contributed by atoms with Gasteiger partial charge in [0.1, 0.15) is 5.82 Å². The number of amides is 1. The van der Waals surface area contributed by atoms with Gasteiger partial charge in [-0.2, -0.15) is 0 Å². The average molecular weight is 332 g/mol. The van der Waals surface area contributed by atoms with E-state index < -0.39 is 0 Å². The fourth-order valence-electron chi connectivity index (χ4n) is 2.88. The minimum absolute atomic E-state index is 0.0133. The van der Waals surface area contributed by atoms with E-state index in [1.165, 1.54) is 0 Å². The fraction of sp³-hybridized carbons (Fsp3) is 0.588. The lowest BCUT2D eigenvalue weighted by Gasteiger charge is -2.32. The van der Waals surface area contributed by atoms with Gasteiger partial charge in [0.05, 0.1) is 0 Å². The number of primary amides is 1. The molecule has 0 unspecified atom stereocenters. The molecule has 1 amide bonds. The van der Waals surface area contributed by atoms with Crippen LogP contribution in [0, 0.1) is 5.92 Å². The number of piperidine rings is 1. The van der Waals surface area contributed by atoms with Crippen molar-refractivity contribution in [2.45, 2.75) is 39.3 Å². The van der Waals surface area contributed by atoms with Crippen molar-refractivity contribution < 1.29 is 4.79 Å². The third-order valence-corrected chi connectivity index (χ3v) is 4.16. The topological polar surface area (TPSA) is 95.6 Å². The molecule has 1 aliphatic heterocycles. The number of hydrogen-bond acceptors (Lipinski definition) is 4. The Kier molecular flexibility index (Phi) is 6.40. The second-order valence-corrected chi connectivity index (χ2v) is 6.37. The normalized spacial score (nSPS) is 16.3. The molecule has 0 aromatic carbocycles. The van der Waals surface area contributed by atoms with Crippen LogP contribution in [0.2, 0.25) is 0 Å². The van der Waals surface area contributed by atoms with Crippen molar-refractivity contribution >= 4 is 17.7 Å². The van der Waals surface area contributed by atoms with Crippen molar-refractivity contribution in [3.05, 3.63) is 23.9 Å². The predicted molar refractivity (Wildman–Crippen MR) is 96.8 cm³/mol. The van der Waals surface area contributed by atoms with E-state index in [0.717, 1.165) is 43.3 Å². The number of hydrogen-bond donors (Lipinski definition) is 3. The lowest BCUT2D eigenvalue weighted by Crippen LogP contribution is -2.41. The predicted octanol–water partition coefficient (Wildman–Crippen LogP) is 0.857. The summed E-state index contributed by atoms with van der Waals surface area (Å²) in [6.07, 6.45) is 3.38. The lowest BCUT2D eigenvalue weighted by molar-refractivity contribution is -0.122. The maximum Gasteiger partial charge on any atom is 0.220 e. The molecular weight excluding hydrogens is 304 g/mol. The van der Waals surface area contributed by atoms with Crippen LogP contribution in [0.25, 0.3) is 0 Å². The van der Waals surface area contributed by atoms with Gasteiger partial charge in [-0.15, -0.1) is 0 Å². The van der Waals surface area contributed by atoms with Gasteiger partial charge in [-0.05, 0) is 32.8 Å². The van der Waals surface area contributed by atoms with E-state index >= 15 is 0 Å². The number of nitrogens with two attached hydrogens (primary N) is 1. The Balaban J connectivity index is 2.01. The van der Waals surface area contributed by atoms with E-state index in [4.69, 9.17) is 5.73 Å². The van der Waals surface area contributed by atoms with Gasteiger partial charge in [0.15, 0.2) is 5.96 Å². The second-order valence-electron chi connectivity index (χ2n) is 6.37. The Hall–Kier alpha value is -2.31. The van der Waals surface area contributed by atoms with Crippen LogP contribution in [0.4, 0.5) is 5.82 Å². The zero-order valence-electron chi connectivity index (χ0n) is 14.7. The van der Waals surface area contributed by atoms with Gasteiger partial charge < -0.3 is 21.3 Å². The van der Waals surface area contributed by atoms with E-state index in [0.29, 0.717) is 12.6 Å². The largest absolute Gasteiger partial charge is 0.369 e. The molecule has 1 saturated heterocycles. The summed E-state index contributed by atoms with van der Waals surface area (Å²) in [6.45, 7) is 6.40. The summed E-state index contributed by atoms with van der Waals surface area (Å²) in [5.41, 5.74) is 6.53. The van der Waals surface area contributed by atoms with E-state index in [-0.39, 0.29) is 11.8 Å². The van der Waals surface area contributed by atoms with Gasteiger partial charge in [-0.25, -0.2) is 4.98 Å². The maximum absolute atomic E-state index is 11.3. The molecule has 0 aliphatic carbocycles. The lowest BCUT2D eigenvalue weighted by atomic mass is 9.96. The van der Waals surface area contributed by atoms with Crippen molar-refractivity contribution in [3.63, 3.8) is 0 Å². The minimum atomic E-state index is -0.193. The number of aliphatic imine (C=N–C) groups is 1. The van der Waals surface area contributed by atoms with Gasteiger partial charge in [0.25, 0.3) is 0 Å². The highest BCUT2D eigenvalue weighted by atomic mass is 16.1. The van der Waals surface area contributed by atoms with Crippen molar-refractivity contribution in [3.8, 4) is 0 Å². The Morgan fingerprint density at radius 3 is 2.75 bits per heavy atom. The molecule has 2 rings (SSSR count). The molecule has 0 radical (unpaired) electrons. The van der Waals surface area contributed by atoms with Crippen LogP contribution in [-0.4, -0.2) is 43.0 Å². The molecule has 1 aliphatic rings. The number of nitrogens with zero attached hydrogens (tertiary/aromatic N) is 3. The van der Waals surface area contributed by atoms with E-state index in [1.54, 1.807) is 13.2 Å². The van der Waals surface area contributed by atoms with Crippen LogP contribution < -0.4 is 21.3 Å². The van der Waals surface area contributed by atoms with Crippen LogP contribution in [0.3, 0.4) is 0 Å². The highest BCUT2D eigenvalue weighted by molar-refractivity contribution is 5.80. The first-order valence-electron chi connectivity index (χ1n) is 8.46. The molecule has 4 N–H and O–H groups in total. The van der Waals surface area contributed by atoms with E-state index in [9.17, 15) is 4.79 Å². The zero-order valence-corrected chi connectivity index (χ0v) is 14.7. The van der Waals surface area contributed by atoms with Crippen LogP contribution >= 0.6 is 0 Å². The van der Waals surface area contributed by atoms with E-state index in [2.05, 4.69) is 45.4 Å². The zero-order chi connectivity index (χ0) is 17.5. The first kappa shape index (κ1) is 18.0. The van der Waals surface area contributed by atoms with Gasteiger partial charge in [-0.3, -0.25) is 9.79 Å². The first-order chi connectivity index (χ1) is 11.5. The van der Waals surface area contributed by atoms with Crippen LogP contribution in [-0.2, 0) is 11.3 Å². The molecule has 0 atom stereocenters. The third kappa shape index (κ3) is 4.84. The molecule has 0 spiro atoms. The SMILES string of the molecule is CN=C(NCc1cccnc1N1CCC(C(N)=O)CC1)NC(C)C. The average Bonchev–Trinajstić information content (AvgIpc) is 2.58. The number of guanidine groups is 1. The summed E-state index contributed by atoms with van der Waals surface area (Å²) in [6, 6.07) is 4.32. The van der Waals surface area contributed by atoms with Crippen molar-refractivity contribution in [2.24, 2.45) is 16.6 Å². The van der Waals surface area contributed by atoms with Gasteiger partial charge in [0.2, 0.25) is 5.91 Å². The second kappa shape index (κ2) is 8.52. The number of nitrogens with one attached hydrogen (secondary N) is 2. The Morgan fingerprint density at radius 1 is 1.46 bits per heavy atom. The number of anilines is 1. The number of pyridine rings is 1. The summed E-state index contributed by atoms with van der Waals surface area (Å²) in [7, 11) is 1.76. The molecular formula is C17H28N6O. The van der Waals surface area contributed by atoms with E-state index in [1.807, 2.05) is 6.07 Å². The van der Waals surface area contributed by atoms with Crippen molar-refractivity contribution in [1.82, 2.24) is 15.6 Å². The summed E-state index contributed by atoms with van der Waals surface area (Å²) in [5.74, 6) is 1.53. The molecule has 0 bridgehead atoms. The third-order valence-electron chi connectivity index (χ3n) is 4.16. The summed E-state index contributed by atoms with van der Waals surface area (Å²) in [4.78, 5) is 22.3. The summed E-state index contributed by atoms with van der Waals surface area (Å²) in [5, 5.41) is 6.59. The molecule has 7 nitrogen and oxygen atoms in total. The molecule has 24 heavy (non-hydrogen) atoms. The minimum Gasteiger partial charge on any atom is -0.369 e. The summed E-state index contributed by atoms with van der Waals surface area (Å²) < 4.78 is 0. The van der Waals surface area contributed by atoms with Crippen molar-refractivity contribution in [2.75, 3.05) is 25.0 Å². The fourth-order valence-corrected chi connectivity index (χ4v) is 2.88. The monoisotopic (exact) mass is 332 g/mol. The first-order valence-corrected chi connectivity index (χ1v) is 8.46. The number of carbonyl (C=O) groups is 1. The maximum atomic E-state index is 11.3. The molecule has 7 heteroatoms. The van der Waals surface area contributed by atoms with Gasteiger partial charge in [-0.1, -0.05) is 6.07 Å². The number of carbonyl (C=O) groups excluding carboxylic acids is 1. The highest BCUT2D eigenvalue weighted by Crippen LogP contribution is 2.24. The quantitative estimate of drug-likeness (QED) is 0.549. The standard InChI is InChI=1S/C17H28N6O/c1-12(2)22-17(19-3)21-11-14-5-4-8-20-16(14)23-9-6-13(7-10-23)15(18)24/h4-5,8,12-13H,6-7,9-11H2,1-3H3,(H2,18,24)(H2,19,21,22). The molecule has 2 heterocycles. The summed E-state index contributed by atoms with van der Waals surface area (Å²) >= 11 is 0. The molecule has 1 aromatic rings. The number of rotatable bonds is 5. The molecule has 132 valence electrons. The van der Waals surface area contributed by atoms with Gasteiger partial charge >= 0.3 is 0 Å². The highest BCUT2D eigenvalue weighted by Gasteiger charge is 2.24.